The Morgan fingerprint density at radius 3 is 2.95 bits per heavy atom. The highest BCUT2D eigenvalue weighted by Gasteiger charge is 2.23. The standard InChI is InChI=1S/C14H14BrFN2S/c1-17-13(9-6-5-8(16)7-10(9)15)14-18-11-3-2-4-12(11)19-14/h5-7,13,17H,2-4H2,1H3. The van der Waals surface area contributed by atoms with Crippen molar-refractivity contribution >= 4 is 27.3 Å². The minimum absolute atomic E-state index is 0.0191. The molecule has 19 heavy (non-hydrogen) atoms. The van der Waals surface area contributed by atoms with Crippen LogP contribution in [-0.2, 0) is 12.8 Å². The van der Waals surface area contributed by atoms with Gasteiger partial charge in [0, 0.05) is 9.35 Å². The Kier molecular flexibility index (Phi) is 3.69. The average Bonchev–Trinajstić information content (AvgIpc) is 2.93. The first-order valence-corrected chi connectivity index (χ1v) is 7.90. The predicted octanol–water partition coefficient (Wildman–Crippen LogP) is 3.84. The highest BCUT2D eigenvalue weighted by molar-refractivity contribution is 9.10. The molecule has 1 atom stereocenters. The fourth-order valence-electron chi connectivity index (χ4n) is 2.48. The third-order valence-corrected chi connectivity index (χ3v) is 5.33. The molecule has 1 heterocycles. The molecule has 0 spiro atoms. The molecule has 0 saturated heterocycles. The minimum Gasteiger partial charge on any atom is -0.307 e. The molecule has 100 valence electrons. The van der Waals surface area contributed by atoms with Gasteiger partial charge in [0.05, 0.1) is 11.7 Å². The SMILES string of the molecule is CNC(c1nc2c(s1)CCC2)c1ccc(F)cc1Br. The molecule has 0 bridgehead atoms. The third-order valence-electron chi connectivity index (χ3n) is 3.42. The Morgan fingerprint density at radius 1 is 1.42 bits per heavy atom. The molecule has 0 fully saturated rings. The van der Waals surface area contributed by atoms with Crippen molar-refractivity contribution in [2.24, 2.45) is 0 Å². The largest absolute Gasteiger partial charge is 0.307 e. The van der Waals surface area contributed by atoms with Gasteiger partial charge >= 0.3 is 0 Å². The number of fused-ring (bicyclic) bond motifs is 1. The van der Waals surface area contributed by atoms with Crippen LogP contribution in [0.1, 0.15) is 33.6 Å². The highest BCUT2D eigenvalue weighted by atomic mass is 79.9. The number of hydrogen-bond donors (Lipinski definition) is 1. The highest BCUT2D eigenvalue weighted by Crippen LogP contribution is 2.35. The lowest BCUT2D eigenvalue weighted by Crippen LogP contribution is -2.18. The summed E-state index contributed by atoms with van der Waals surface area (Å²) in [5.74, 6) is -0.230. The maximum absolute atomic E-state index is 13.2. The van der Waals surface area contributed by atoms with E-state index in [1.807, 2.05) is 13.1 Å². The van der Waals surface area contributed by atoms with E-state index in [1.54, 1.807) is 11.3 Å². The van der Waals surface area contributed by atoms with Crippen molar-refractivity contribution in [3.8, 4) is 0 Å². The van der Waals surface area contributed by atoms with Gasteiger partial charge in [0.25, 0.3) is 0 Å². The molecular weight excluding hydrogens is 327 g/mol. The van der Waals surface area contributed by atoms with Crippen molar-refractivity contribution in [2.45, 2.75) is 25.3 Å². The van der Waals surface area contributed by atoms with Gasteiger partial charge in [-0.25, -0.2) is 9.37 Å². The lowest BCUT2D eigenvalue weighted by molar-refractivity contribution is 0.621. The van der Waals surface area contributed by atoms with Crippen molar-refractivity contribution < 1.29 is 4.39 Å². The van der Waals surface area contributed by atoms with Crippen LogP contribution in [-0.4, -0.2) is 12.0 Å². The van der Waals surface area contributed by atoms with Crippen LogP contribution < -0.4 is 5.32 Å². The molecule has 3 rings (SSSR count). The fourth-order valence-corrected chi connectivity index (χ4v) is 4.34. The van der Waals surface area contributed by atoms with E-state index in [-0.39, 0.29) is 11.9 Å². The molecule has 0 saturated carbocycles. The Bertz CT molecular complexity index is 590. The summed E-state index contributed by atoms with van der Waals surface area (Å²) in [6, 6.07) is 4.82. The van der Waals surface area contributed by atoms with Gasteiger partial charge in [-0.1, -0.05) is 22.0 Å². The molecule has 0 radical (unpaired) electrons. The first-order chi connectivity index (χ1) is 9.19. The van der Waals surface area contributed by atoms with Crippen molar-refractivity contribution in [3.05, 3.63) is 49.6 Å². The lowest BCUT2D eigenvalue weighted by atomic mass is 10.1. The lowest BCUT2D eigenvalue weighted by Gasteiger charge is -2.15. The van der Waals surface area contributed by atoms with Crippen molar-refractivity contribution in [1.82, 2.24) is 10.3 Å². The number of nitrogens with zero attached hydrogens (tertiary/aromatic N) is 1. The smallest absolute Gasteiger partial charge is 0.124 e. The second kappa shape index (κ2) is 5.31. The molecule has 1 aromatic carbocycles. The Hall–Kier alpha value is -0.780. The van der Waals surface area contributed by atoms with Gasteiger partial charge in [-0.2, -0.15) is 0 Å². The van der Waals surface area contributed by atoms with E-state index in [9.17, 15) is 4.39 Å². The van der Waals surface area contributed by atoms with Crippen LogP contribution in [0.5, 0.6) is 0 Å². The predicted molar refractivity (Wildman–Crippen MR) is 79.1 cm³/mol. The minimum atomic E-state index is -0.230. The van der Waals surface area contributed by atoms with Crippen LogP contribution in [0.15, 0.2) is 22.7 Å². The number of aryl methyl sites for hydroxylation is 2. The molecule has 0 aliphatic heterocycles. The van der Waals surface area contributed by atoms with Gasteiger partial charge < -0.3 is 5.32 Å². The molecule has 1 aliphatic rings. The molecule has 1 N–H and O–H groups in total. The first-order valence-electron chi connectivity index (χ1n) is 6.29. The maximum atomic E-state index is 13.2. The van der Waals surface area contributed by atoms with Gasteiger partial charge in [-0.15, -0.1) is 11.3 Å². The van der Waals surface area contributed by atoms with Crippen molar-refractivity contribution in [3.63, 3.8) is 0 Å². The van der Waals surface area contributed by atoms with E-state index in [4.69, 9.17) is 4.98 Å². The van der Waals surface area contributed by atoms with E-state index in [1.165, 1.54) is 29.1 Å². The van der Waals surface area contributed by atoms with Crippen molar-refractivity contribution in [1.29, 1.82) is 0 Å². The zero-order valence-electron chi connectivity index (χ0n) is 10.5. The van der Waals surface area contributed by atoms with Gasteiger partial charge in [0.1, 0.15) is 10.8 Å². The van der Waals surface area contributed by atoms with E-state index >= 15 is 0 Å². The van der Waals surface area contributed by atoms with Crippen molar-refractivity contribution in [2.75, 3.05) is 7.05 Å². The molecule has 2 aromatic rings. The average molecular weight is 341 g/mol. The summed E-state index contributed by atoms with van der Waals surface area (Å²) in [7, 11) is 1.91. The van der Waals surface area contributed by atoms with E-state index < -0.39 is 0 Å². The zero-order valence-corrected chi connectivity index (χ0v) is 12.9. The molecular formula is C14H14BrFN2S. The second-order valence-corrected chi connectivity index (χ2v) is 6.63. The summed E-state index contributed by atoms with van der Waals surface area (Å²) >= 11 is 5.21. The monoisotopic (exact) mass is 340 g/mol. The van der Waals surface area contributed by atoms with E-state index in [0.717, 1.165) is 27.9 Å². The normalized spacial score (nSPS) is 15.5. The van der Waals surface area contributed by atoms with Gasteiger partial charge in [-0.05, 0) is 44.0 Å². The van der Waals surface area contributed by atoms with Crippen LogP contribution in [0.4, 0.5) is 4.39 Å². The van der Waals surface area contributed by atoms with Crippen LogP contribution in [0, 0.1) is 5.82 Å². The molecule has 2 nitrogen and oxygen atoms in total. The quantitative estimate of drug-likeness (QED) is 0.918. The molecule has 1 unspecified atom stereocenters. The third kappa shape index (κ3) is 2.47. The van der Waals surface area contributed by atoms with Crippen LogP contribution in [0.25, 0.3) is 0 Å². The fraction of sp³-hybridized carbons (Fsp3) is 0.357. The summed E-state index contributed by atoms with van der Waals surface area (Å²) in [5, 5.41) is 4.35. The second-order valence-electron chi connectivity index (χ2n) is 4.66. The Labute approximate surface area is 124 Å². The van der Waals surface area contributed by atoms with Crippen LogP contribution in [0.3, 0.4) is 0 Å². The number of hydrogen-bond acceptors (Lipinski definition) is 3. The summed E-state index contributed by atoms with van der Waals surface area (Å²) in [5.41, 5.74) is 2.27. The number of benzene rings is 1. The zero-order chi connectivity index (χ0) is 13.4. The van der Waals surface area contributed by atoms with Gasteiger partial charge in [0.15, 0.2) is 0 Å². The Morgan fingerprint density at radius 2 is 2.26 bits per heavy atom. The molecule has 0 amide bonds. The van der Waals surface area contributed by atoms with Gasteiger partial charge in [0.2, 0.25) is 0 Å². The van der Waals surface area contributed by atoms with Gasteiger partial charge in [-0.3, -0.25) is 0 Å². The first kappa shape index (κ1) is 13.2. The molecule has 1 aliphatic carbocycles. The number of aromatic nitrogens is 1. The number of nitrogens with one attached hydrogen (secondary N) is 1. The Balaban J connectivity index is 1.99. The molecule has 1 aromatic heterocycles. The van der Waals surface area contributed by atoms with E-state index in [0.29, 0.717) is 0 Å². The molecule has 5 heteroatoms. The van der Waals surface area contributed by atoms with Crippen LogP contribution in [0.2, 0.25) is 0 Å². The summed E-state index contributed by atoms with van der Waals surface area (Å²) in [4.78, 5) is 6.15. The van der Waals surface area contributed by atoms with Crippen LogP contribution >= 0.6 is 27.3 Å². The summed E-state index contributed by atoms with van der Waals surface area (Å²) in [6.45, 7) is 0. The number of rotatable bonds is 3. The number of thiazole rings is 1. The number of halogens is 2. The summed E-state index contributed by atoms with van der Waals surface area (Å²) < 4.78 is 14.0. The maximum Gasteiger partial charge on any atom is 0.124 e. The summed E-state index contributed by atoms with van der Waals surface area (Å²) in [6.07, 6.45) is 3.46. The topological polar surface area (TPSA) is 24.9 Å². The van der Waals surface area contributed by atoms with E-state index in [2.05, 4.69) is 21.2 Å².